The summed E-state index contributed by atoms with van der Waals surface area (Å²) in [6.07, 6.45) is 0.428. The minimum absolute atomic E-state index is 0.428. The number of carbonyl (C=O) groups is 3. The molecule has 0 amide bonds. The van der Waals surface area contributed by atoms with E-state index < -0.39 is 35.6 Å². The molecule has 0 spiro atoms. The summed E-state index contributed by atoms with van der Waals surface area (Å²) in [5.74, 6) is -5.20. The molecule has 72 valence electrons. The Labute approximate surface area is 74.4 Å². The van der Waals surface area contributed by atoms with Crippen LogP contribution < -0.4 is 0 Å². The molecule has 1 fully saturated rings. The van der Waals surface area contributed by atoms with E-state index in [0.717, 1.165) is 0 Å². The van der Waals surface area contributed by atoms with Gasteiger partial charge in [0, 0.05) is 5.92 Å². The van der Waals surface area contributed by atoms with Crippen molar-refractivity contribution in [2.24, 2.45) is 23.7 Å². The summed E-state index contributed by atoms with van der Waals surface area (Å²) in [4.78, 5) is 31.6. The van der Waals surface area contributed by atoms with E-state index in [9.17, 15) is 14.4 Å². The van der Waals surface area contributed by atoms with Gasteiger partial charge in [-0.2, -0.15) is 0 Å². The molecule has 5 heteroatoms. The Morgan fingerprint density at radius 1 is 1.15 bits per heavy atom. The molecule has 1 rings (SSSR count). The SMILES string of the molecule is CC1C(C(=O)O)C(C=O)C1C(=O)O. The summed E-state index contributed by atoms with van der Waals surface area (Å²) in [5.41, 5.74) is 0. The molecule has 2 N–H and O–H groups in total. The van der Waals surface area contributed by atoms with Crippen molar-refractivity contribution in [2.75, 3.05) is 0 Å². The highest BCUT2D eigenvalue weighted by Crippen LogP contribution is 2.44. The number of carboxylic acid groups (broad SMARTS) is 2. The van der Waals surface area contributed by atoms with Gasteiger partial charge in [0.15, 0.2) is 0 Å². The molecule has 0 radical (unpaired) electrons. The zero-order valence-corrected chi connectivity index (χ0v) is 7.01. The van der Waals surface area contributed by atoms with Crippen molar-refractivity contribution in [3.8, 4) is 0 Å². The number of rotatable bonds is 3. The quantitative estimate of drug-likeness (QED) is 0.598. The lowest BCUT2D eigenvalue weighted by molar-refractivity contribution is -0.171. The first kappa shape index (κ1) is 9.70. The molecule has 0 saturated heterocycles. The summed E-state index contributed by atoms with van der Waals surface area (Å²) < 4.78 is 0. The maximum absolute atomic E-state index is 10.6. The molecule has 1 saturated carbocycles. The second kappa shape index (κ2) is 3.16. The first-order valence-electron chi connectivity index (χ1n) is 3.91. The fourth-order valence-corrected chi connectivity index (χ4v) is 1.95. The van der Waals surface area contributed by atoms with Crippen LogP contribution in [0.1, 0.15) is 6.92 Å². The zero-order valence-electron chi connectivity index (χ0n) is 7.01. The number of aliphatic carboxylic acids is 2. The molecule has 0 aromatic rings. The van der Waals surface area contributed by atoms with Crippen LogP contribution in [0.3, 0.4) is 0 Å². The molecule has 2 unspecified atom stereocenters. The molecule has 1 aliphatic carbocycles. The molecular formula is C8H10O5. The number of hydrogen-bond donors (Lipinski definition) is 2. The Bertz CT molecular complexity index is 237. The maximum atomic E-state index is 10.6. The van der Waals surface area contributed by atoms with Crippen LogP contribution in [0.25, 0.3) is 0 Å². The molecular weight excluding hydrogens is 176 g/mol. The van der Waals surface area contributed by atoms with Gasteiger partial charge in [-0.3, -0.25) is 9.59 Å². The maximum Gasteiger partial charge on any atom is 0.307 e. The summed E-state index contributed by atoms with van der Waals surface area (Å²) >= 11 is 0. The van der Waals surface area contributed by atoms with E-state index in [1.807, 2.05) is 0 Å². The Kier molecular flexibility index (Phi) is 2.36. The third-order valence-electron chi connectivity index (χ3n) is 2.69. The van der Waals surface area contributed by atoms with Gasteiger partial charge in [0.2, 0.25) is 0 Å². The van der Waals surface area contributed by atoms with Crippen LogP contribution in [0.15, 0.2) is 0 Å². The van der Waals surface area contributed by atoms with Gasteiger partial charge in [-0.15, -0.1) is 0 Å². The van der Waals surface area contributed by atoms with Crippen LogP contribution in [0, 0.1) is 23.7 Å². The van der Waals surface area contributed by atoms with E-state index in [0.29, 0.717) is 6.29 Å². The van der Waals surface area contributed by atoms with E-state index in [1.165, 1.54) is 6.92 Å². The normalized spacial score (nSPS) is 37.6. The summed E-state index contributed by atoms with van der Waals surface area (Å²) in [6, 6.07) is 0. The number of hydrogen-bond acceptors (Lipinski definition) is 3. The molecule has 0 bridgehead atoms. The average molecular weight is 186 g/mol. The Hall–Kier alpha value is -1.39. The topological polar surface area (TPSA) is 91.7 Å². The third-order valence-corrected chi connectivity index (χ3v) is 2.69. The van der Waals surface area contributed by atoms with E-state index in [4.69, 9.17) is 10.2 Å². The van der Waals surface area contributed by atoms with Crippen molar-refractivity contribution in [3.05, 3.63) is 0 Å². The lowest BCUT2D eigenvalue weighted by atomic mass is 9.58. The molecule has 0 aliphatic heterocycles. The highest BCUT2D eigenvalue weighted by atomic mass is 16.4. The van der Waals surface area contributed by atoms with Crippen molar-refractivity contribution < 1.29 is 24.6 Å². The Morgan fingerprint density at radius 3 is 1.77 bits per heavy atom. The second-order valence-electron chi connectivity index (χ2n) is 3.30. The van der Waals surface area contributed by atoms with Crippen molar-refractivity contribution in [1.82, 2.24) is 0 Å². The minimum Gasteiger partial charge on any atom is -0.481 e. The first-order chi connectivity index (χ1) is 6.00. The van der Waals surface area contributed by atoms with E-state index >= 15 is 0 Å². The fraction of sp³-hybridized carbons (Fsp3) is 0.625. The van der Waals surface area contributed by atoms with Crippen molar-refractivity contribution in [3.63, 3.8) is 0 Å². The van der Waals surface area contributed by atoms with Crippen molar-refractivity contribution in [1.29, 1.82) is 0 Å². The van der Waals surface area contributed by atoms with Gasteiger partial charge in [0.25, 0.3) is 0 Å². The largest absolute Gasteiger partial charge is 0.481 e. The molecule has 1 aliphatic rings. The van der Waals surface area contributed by atoms with Gasteiger partial charge in [0.05, 0.1) is 11.8 Å². The zero-order chi connectivity index (χ0) is 10.2. The average Bonchev–Trinajstić information content (AvgIpc) is 1.97. The minimum atomic E-state index is -1.10. The van der Waals surface area contributed by atoms with Gasteiger partial charge in [-0.1, -0.05) is 6.92 Å². The van der Waals surface area contributed by atoms with Crippen LogP contribution in [0.5, 0.6) is 0 Å². The van der Waals surface area contributed by atoms with Crippen LogP contribution in [0.2, 0.25) is 0 Å². The van der Waals surface area contributed by atoms with Gasteiger partial charge in [0.1, 0.15) is 6.29 Å². The predicted octanol–water partition coefficient (Wildman–Crippen LogP) is -0.147. The number of carboxylic acids is 2. The molecule has 0 aromatic heterocycles. The van der Waals surface area contributed by atoms with Gasteiger partial charge in [-0.25, -0.2) is 0 Å². The summed E-state index contributed by atoms with van der Waals surface area (Å²) in [5, 5.41) is 17.3. The molecule has 5 nitrogen and oxygen atoms in total. The molecule has 2 atom stereocenters. The van der Waals surface area contributed by atoms with E-state index in [-0.39, 0.29) is 0 Å². The smallest absolute Gasteiger partial charge is 0.307 e. The fourth-order valence-electron chi connectivity index (χ4n) is 1.95. The van der Waals surface area contributed by atoms with Crippen LogP contribution in [-0.2, 0) is 14.4 Å². The van der Waals surface area contributed by atoms with E-state index in [1.54, 1.807) is 0 Å². The van der Waals surface area contributed by atoms with E-state index in [2.05, 4.69) is 0 Å². The Balaban J connectivity index is 2.80. The summed E-state index contributed by atoms with van der Waals surface area (Å²) in [7, 11) is 0. The first-order valence-corrected chi connectivity index (χ1v) is 3.91. The van der Waals surface area contributed by atoms with Gasteiger partial charge < -0.3 is 15.0 Å². The predicted molar refractivity (Wildman–Crippen MR) is 41.0 cm³/mol. The molecule has 13 heavy (non-hydrogen) atoms. The molecule has 0 heterocycles. The summed E-state index contributed by atoms with van der Waals surface area (Å²) in [6.45, 7) is 1.54. The van der Waals surface area contributed by atoms with Gasteiger partial charge in [-0.05, 0) is 5.92 Å². The molecule has 0 aromatic carbocycles. The van der Waals surface area contributed by atoms with Crippen LogP contribution >= 0.6 is 0 Å². The highest BCUT2D eigenvalue weighted by molar-refractivity contribution is 5.85. The van der Waals surface area contributed by atoms with Gasteiger partial charge >= 0.3 is 11.9 Å². The van der Waals surface area contributed by atoms with Crippen molar-refractivity contribution >= 4 is 18.2 Å². The number of carbonyl (C=O) groups excluding carboxylic acids is 1. The monoisotopic (exact) mass is 186 g/mol. The van der Waals surface area contributed by atoms with Crippen molar-refractivity contribution in [2.45, 2.75) is 6.92 Å². The third kappa shape index (κ3) is 1.30. The lowest BCUT2D eigenvalue weighted by Crippen LogP contribution is -2.53. The second-order valence-corrected chi connectivity index (χ2v) is 3.30. The van der Waals surface area contributed by atoms with Crippen LogP contribution in [-0.4, -0.2) is 28.4 Å². The lowest BCUT2D eigenvalue weighted by Gasteiger charge is -2.42. The van der Waals surface area contributed by atoms with Crippen LogP contribution in [0.4, 0.5) is 0 Å². The standard InChI is InChI=1S/C8H10O5/c1-3-5(7(10)11)4(2-9)6(3)8(12)13/h2-6H,1H3,(H,10,11)(H,12,13). The highest BCUT2D eigenvalue weighted by Gasteiger charge is 2.55. The number of aldehydes is 1. The Morgan fingerprint density at radius 2 is 1.54 bits per heavy atom.